The summed E-state index contributed by atoms with van der Waals surface area (Å²) in [5, 5.41) is 2.76. The van der Waals surface area contributed by atoms with Crippen LogP contribution in [0.4, 0.5) is 5.69 Å². The number of nitrogens with one attached hydrogen (secondary N) is 1. The zero-order valence-corrected chi connectivity index (χ0v) is 24.8. The van der Waals surface area contributed by atoms with Crippen LogP contribution in [0.1, 0.15) is 36.1 Å². The number of benzene rings is 3. The van der Waals surface area contributed by atoms with Crippen molar-refractivity contribution < 1.29 is 18.0 Å². The van der Waals surface area contributed by atoms with Crippen LogP contribution in [0.3, 0.4) is 0 Å². The van der Waals surface area contributed by atoms with Crippen LogP contribution in [-0.2, 0) is 26.2 Å². The first-order chi connectivity index (χ1) is 17.9. The van der Waals surface area contributed by atoms with E-state index in [2.05, 4.69) is 21.2 Å². The summed E-state index contributed by atoms with van der Waals surface area (Å²) in [4.78, 5) is 28.2. The van der Waals surface area contributed by atoms with E-state index in [9.17, 15) is 18.0 Å². The summed E-state index contributed by atoms with van der Waals surface area (Å²) in [5.41, 5.74) is 3.88. The molecule has 3 aromatic carbocycles. The van der Waals surface area contributed by atoms with E-state index in [0.29, 0.717) is 12.2 Å². The van der Waals surface area contributed by atoms with Crippen molar-refractivity contribution >= 4 is 43.5 Å². The molecule has 3 aromatic rings. The topological polar surface area (TPSA) is 86.8 Å². The summed E-state index contributed by atoms with van der Waals surface area (Å²) in [6.45, 7) is 9.20. The minimum absolute atomic E-state index is 0.0892. The summed E-state index contributed by atoms with van der Waals surface area (Å²) in [5.74, 6) is -0.793. The van der Waals surface area contributed by atoms with Gasteiger partial charge in [-0.05, 0) is 87.7 Å². The highest BCUT2D eigenvalue weighted by molar-refractivity contribution is 9.10. The molecule has 0 aliphatic heterocycles. The van der Waals surface area contributed by atoms with Crippen LogP contribution < -0.4 is 9.62 Å². The standard InChI is InChI=1S/C29H34BrN3O4S/c1-6-31-29(35)23(5)32(18-24-9-11-25(30)12-10-24)28(34)19-33(26-16-21(3)15-22(4)17-26)38(36,37)27-13-7-20(2)8-14-27/h7-17,23H,6,18-19H2,1-5H3,(H,31,35)/t23-/m0/s1. The van der Waals surface area contributed by atoms with Crippen LogP contribution in [0, 0.1) is 20.8 Å². The zero-order valence-electron chi connectivity index (χ0n) is 22.4. The van der Waals surface area contributed by atoms with Crippen molar-refractivity contribution in [1.29, 1.82) is 0 Å². The molecular formula is C29H34BrN3O4S. The van der Waals surface area contributed by atoms with Crippen LogP contribution in [0.5, 0.6) is 0 Å². The quantitative estimate of drug-likeness (QED) is 0.350. The van der Waals surface area contributed by atoms with Gasteiger partial charge in [0.2, 0.25) is 11.8 Å². The van der Waals surface area contributed by atoms with Crippen molar-refractivity contribution in [3.63, 3.8) is 0 Å². The number of amides is 2. The number of carbonyl (C=O) groups excluding carboxylic acids is 2. The second kappa shape index (κ2) is 12.6. The Balaban J connectivity index is 2.06. The molecule has 0 saturated carbocycles. The highest BCUT2D eigenvalue weighted by Gasteiger charge is 2.32. The molecular weight excluding hydrogens is 566 g/mol. The number of carbonyl (C=O) groups is 2. The molecule has 1 atom stereocenters. The van der Waals surface area contributed by atoms with Crippen LogP contribution >= 0.6 is 15.9 Å². The molecule has 202 valence electrons. The Morgan fingerprint density at radius 2 is 1.47 bits per heavy atom. The number of anilines is 1. The number of aryl methyl sites for hydroxylation is 3. The Bertz CT molecular complexity index is 1370. The first-order valence-corrected chi connectivity index (χ1v) is 14.6. The van der Waals surface area contributed by atoms with Gasteiger partial charge < -0.3 is 10.2 Å². The third-order valence-corrected chi connectivity index (χ3v) is 8.48. The average Bonchev–Trinajstić information content (AvgIpc) is 2.86. The van der Waals surface area contributed by atoms with Gasteiger partial charge in [-0.2, -0.15) is 0 Å². The smallest absolute Gasteiger partial charge is 0.264 e. The fraction of sp³-hybridized carbons (Fsp3) is 0.310. The Kier molecular flexibility index (Phi) is 9.73. The summed E-state index contributed by atoms with van der Waals surface area (Å²) in [6.07, 6.45) is 0. The van der Waals surface area contributed by atoms with E-state index in [0.717, 1.165) is 31.0 Å². The van der Waals surface area contributed by atoms with Gasteiger partial charge in [0.1, 0.15) is 12.6 Å². The molecule has 0 fully saturated rings. The van der Waals surface area contributed by atoms with Crippen LogP contribution in [-0.4, -0.2) is 44.3 Å². The number of halogens is 1. The second-order valence-electron chi connectivity index (χ2n) is 9.39. The number of rotatable bonds is 10. The number of hydrogen-bond acceptors (Lipinski definition) is 4. The molecule has 0 radical (unpaired) electrons. The zero-order chi connectivity index (χ0) is 28.0. The van der Waals surface area contributed by atoms with Gasteiger partial charge in [-0.15, -0.1) is 0 Å². The van der Waals surface area contributed by atoms with E-state index >= 15 is 0 Å². The minimum atomic E-state index is -4.09. The number of likely N-dealkylation sites (N-methyl/N-ethyl adjacent to an activating group) is 1. The molecule has 0 bridgehead atoms. The average molecular weight is 601 g/mol. The SMILES string of the molecule is CCNC(=O)[C@H](C)N(Cc1ccc(Br)cc1)C(=O)CN(c1cc(C)cc(C)c1)S(=O)(=O)c1ccc(C)cc1. The van der Waals surface area contributed by atoms with Crippen molar-refractivity contribution in [1.82, 2.24) is 10.2 Å². The van der Waals surface area contributed by atoms with Crippen LogP contribution in [0.15, 0.2) is 76.1 Å². The molecule has 38 heavy (non-hydrogen) atoms. The maximum atomic E-state index is 13.9. The van der Waals surface area contributed by atoms with Gasteiger partial charge in [0, 0.05) is 17.6 Å². The lowest BCUT2D eigenvalue weighted by Gasteiger charge is -2.32. The van der Waals surface area contributed by atoms with E-state index in [1.807, 2.05) is 58.0 Å². The number of nitrogens with zero attached hydrogens (tertiary/aromatic N) is 2. The van der Waals surface area contributed by atoms with Gasteiger partial charge in [0.15, 0.2) is 0 Å². The fourth-order valence-electron chi connectivity index (χ4n) is 4.15. The molecule has 0 aliphatic rings. The predicted molar refractivity (Wildman–Crippen MR) is 154 cm³/mol. The molecule has 3 rings (SSSR count). The van der Waals surface area contributed by atoms with Gasteiger partial charge in [0.25, 0.3) is 10.0 Å². The largest absolute Gasteiger partial charge is 0.355 e. The van der Waals surface area contributed by atoms with Crippen LogP contribution in [0.25, 0.3) is 0 Å². The van der Waals surface area contributed by atoms with Gasteiger partial charge in [0.05, 0.1) is 10.6 Å². The lowest BCUT2D eigenvalue weighted by atomic mass is 10.1. The Labute approximate surface area is 234 Å². The molecule has 0 unspecified atom stereocenters. The predicted octanol–water partition coefficient (Wildman–Crippen LogP) is 5.12. The molecule has 0 aliphatic carbocycles. The minimum Gasteiger partial charge on any atom is -0.355 e. The summed E-state index contributed by atoms with van der Waals surface area (Å²) in [7, 11) is -4.09. The van der Waals surface area contributed by atoms with E-state index in [1.54, 1.807) is 43.3 Å². The number of sulfonamides is 1. The maximum Gasteiger partial charge on any atom is 0.264 e. The summed E-state index contributed by atoms with van der Waals surface area (Å²) in [6, 6.07) is 18.6. The molecule has 0 heterocycles. The molecule has 0 aromatic heterocycles. The first-order valence-electron chi connectivity index (χ1n) is 12.4. The highest BCUT2D eigenvalue weighted by Crippen LogP contribution is 2.27. The van der Waals surface area contributed by atoms with Gasteiger partial charge in [-0.3, -0.25) is 13.9 Å². The molecule has 0 spiro atoms. The number of hydrogen-bond donors (Lipinski definition) is 1. The van der Waals surface area contributed by atoms with Crippen molar-refractivity contribution in [2.75, 3.05) is 17.4 Å². The monoisotopic (exact) mass is 599 g/mol. The van der Waals surface area contributed by atoms with Crippen molar-refractivity contribution in [3.8, 4) is 0 Å². The van der Waals surface area contributed by atoms with E-state index < -0.39 is 28.5 Å². The molecule has 1 N–H and O–H groups in total. The highest BCUT2D eigenvalue weighted by atomic mass is 79.9. The second-order valence-corrected chi connectivity index (χ2v) is 12.2. The van der Waals surface area contributed by atoms with Crippen molar-refractivity contribution in [2.45, 2.75) is 52.1 Å². The summed E-state index contributed by atoms with van der Waals surface area (Å²) < 4.78 is 29.8. The van der Waals surface area contributed by atoms with Gasteiger partial charge in [-0.1, -0.05) is 51.8 Å². The third-order valence-electron chi connectivity index (χ3n) is 6.17. The first kappa shape index (κ1) is 29.4. The summed E-state index contributed by atoms with van der Waals surface area (Å²) >= 11 is 3.41. The van der Waals surface area contributed by atoms with Gasteiger partial charge in [-0.25, -0.2) is 8.42 Å². The maximum absolute atomic E-state index is 13.9. The Morgan fingerprint density at radius 3 is 2.03 bits per heavy atom. The van der Waals surface area contributed by atoms with Crippen molar-refractivity contribution in [2.24, 2.45) is 0 Å². The van der Waals surface area contributed by atoms with Gasteiger partial charge >= 0.3 is 0 Å². The van der Waals surface area contributed by atoms with Crippen molar-refractivity contribution in [3.05, 3.63) is 93.5 Å². The van der Waals surface area contributed by atoms with E-state index in [4.69, 9.17) is 0 Å². The molecule has 2 amide bonds. The molecule has 0 saturated heterocycles. The Morgan fingerprint density at radius 1 is 0.895 bits per heavy atom. The lowest BCUT2D eigenvalue weighted by Crippen LogP contribution is -2.51. The molecule has 7 nitrogen and oxygen atoms in total. The lowest BCUT2D eigenvalue weighted by molar-refractivity contribution is -0.139. The third kappa shape index (κ3) is 7.23. The van der Waals surface area contributed by atoms with Crippen LogP contribution in [0.2, 0.25) is 0 Å². The molecule has 9 heteroatoms. The fourth-order valence-corrected chi connectivity index (χ4v) is 5.81. The van der Waals surface area contributed by atoms with E-state index in [-0.39, 0.29) is 17.3 Å². The van der Waals surface area contributed by atoms with E-state index in [1.165, 1.54) is 4.90 Å². The Hall–Kier alpha value is -3.17. The normalized spacial score (nSPS) is 12.1.